The first-order valence-corrected chi connectivity index (χ1v) is 10.5. The molecule has 1 aliphatic heterocycles. The Labute approximate surface area is 156 Å². The van der Waals surface area contributed by atoms with E-state index in [4.69, 9.17) is 4.74 Å². The zero-order valence-corrected chi connectivity index (χ0v) is 16.8. The lowest BCUT2D eigenvalue weighted by Crippen LogP contribution is -2.40. The maximum Gasteiger partial charge on any atom is 0.410 e. The van der Waals surface area contributed by atoms with Crippen LogP contribution in [-0.2, 0) is 14.8 Å². The Balaban J connectivity index is 1.79. The molecule has 7 heteroatoms. The highest BCUT2D eigenvalue weighted by molar-refractivity contribution is 7.89. The molecule has 2 aliphatic rings. The van der Waals surface area contributed by atoms with Gasteiger partial charge in [-0.05, 0) is 52.7 Å². The highest BCUT2D eigenvalue weighted by atomic mass is 32.2. The first-order valence-electron chi connectivity index (χ1n) is 9.06. The van der Waals surface area contributed by atoms with Gasteiger partial charge < -0.3 is 9.64 Å². The molecule has 0 unspecified atom stereocenters. The van der Waals surface area contributed by atoms with Gasteiger partial charge in [0.15, 0.2) is 0 Å². The summed E-state index contributed by atoms with van der Waals surface area (Å²) < 4.78 is 33.2. The van der Waals surface area contributed by atoms with Crippen molar-refractivity contribution < 1.29 is 17.9 Å². The quantitative estimate of drug-likeness (QED) is 0.791. The number of rotatable bonds is 2. The Morgan fingerprint density at radius 1 is 1.08 bits per heavy atom. The number of hydrogen-bond donors (Lipinski definition) is 0. The van der Waals surface area contributed by atoms with Crippen molar-refractivity contribution in [3.63, 3.8) is 0 Å². The number of carbonyl (C=O) groups is 1. The number of carbonyl (C=O) groups excluding carboxylic acids is 1. The number of nitrogens with zero attached hydrogens (tertiary/aromatic N) is 2. The number of hydrogen-bond acceptors (Lipinski definition) is 4. The molecule has 26 heavy (non-hydrogen) atoms. The maximum atomic E-state index is 13.1. The van der Waals surface area contributed by atoms with E-state index in [0.717, 1.165) is 18.4 Å². The van der Waals surface area contributed by atoms with Gasteiger partial charge in [-0.1, -0.05) is 17.7 Å². The van der Waals surface area contributed by atoms with Gasteiger partial charge in [-0.25, -0.2) is 13.2 Å². The first kappa shape index (κ1) is 19.2. The minimum atomic E-state index is -3.56. The van der Waals surface area contributed by atoms with Gasteiger partial charge in [0.05, 0.1) is 4.90 Å². The van der Waals surface area contributed by atoms with Crippen molar-refractivity contribution in [1.29, 1.82) is 0 Å². The van der Waals surface area contributed by atoms with E-state index in [-0.39, 0.29) is 18.1 Å². The predicted molar refractivity (Wildman–Crippen MR) is 99.4 cm³/mol. The minimum absolute atomic E-state index is 0.134. The van der Waals surface area contributed by atoms with Gasteiger partial charge in [-0.3, -0.25) is 0 Å². The number of ether oxygens (including phenoxy) is 1. The van der Waals surface area contributed by atoms with Crippen LogP contribution in [0.3, 0.4) is 0 Å². The first-order chi connectivity index (χ1) is 12.0. The van der Waals surface area contributed by atoms with Gasteiger partial charge in [0.1, 0.15) is 5.60 Å². The lowest BCUT2D eigenvalue weighted by Gasteiger charge is -2.27. The van der Waals surface area contributed by atoms with Gasteiger partial charge in [-0.15, -0.1) is 0 Å². The normalized spacial score (nSPS) is 20.7. The predicted octanol–water partition coefficient (Wildman–Crippen LogP) is 3.02. The zero-order chi connectivity index (χ0) is 19.2. The van der Waals surface area contributed by atoms with Crippen LogP contribution >= 0.6 is 0 Å². The lowest BCUT2D eigenvalue weighted by atomic mass is 10.1. The fourth-order valence-corrected chi connectivity index (χ4v) is 4.80. The minimum Gasteiger partial charge on any atom is -0.444 e. The third-order valence-electron chi connectivity index (χ3n) is 4.92. The van der Waals surface area contributed by atoms with Crippen LogP contribution < -0.4 is 0 Å². The maximum absolute atomic E-state index is 13.1. The summed E-state index contributed by atoms with van der Waals surface area (Å²) >= 11 is 0. The van der Waals surface area contributed by atoms with E-state index >= 15 is 0 Å². The molecule has 0 radical (unpaired) electrons. The molecule has 3 rings (SSSR count). The number of benzene rings is 1. The van der Waals surface area contributed by atoms with Crippen LogP contribution in [-0.4, -0.2) is 55.5 Å². The van der Waals surface area contributed by atoms with E-state index in [1.807, 2.05) is 39.8 Å². The Morgan fingerprint density at radius 3 is 2.23 bits per heavy atom. The summed E-state index contributed by atoms with van der Waals surface area (Å²) in [5.41, 5.74) is 0.327. The van der Waals surface area contributed by atoms with Gasteiger partial charge in [0.2, 0.25) is 10.0 Å². The topological polar surface area (TPSA) is 66.9 Å². The summed E-state index contributed by atoms with van der Waals surface area (Å²) in [4.78, 5) is 14.5. The summed E-state index contributed by atoms with van der Waals surface area (Å²) in [5, 5.41) is 0. The second-order valence-electron chi connectivity index (χ2n) is 8.55. The molecule has 144 valence electrons. The highest BCUT2D eigenvalue weighted by Crippen LogP contribution is 2.48. The summed E-state index contributed by atoms with van der Waals surface area (Å²) in [6, 6.07) is 6.93. The summed E-state index contributed by atoms with van der Waals surface area (Å²) in [6.45, 7) is 9.10. The van der Waals surface area contributed by atoms with Gasteiger partial charge in [-0.2, -0.15) is 4.31 Å². The molecular weight excluding hydrogens is 352 g/mol. The van der Waals surface area contributed by atoms with E-state index in [1.54, 1.807) is 17.0 Å². The van der Waals surface area contributed by atoms with Gasteiger partial charge in [0.25, 0.3) is 0 Å². The van der Waals surface area contributed by atoms with E-state index in [0.29, 0.717) is 24.5 Å². The number of amides is 1. The van der Waals surface area contributed by atoms with Crippen LogP contribution in [0.25, 0.3) is 0 Å². The molecular formula is C19H28N2O4S. The number of aryl methyl sites for hydroxylation is 1. The van der Waals surface area contributed by atoms with Gasteiger partial charge >= 0.3 is 6.09 Å². The van der Waals surface area contributed by atoms with Crippen molar-refractivity contribution >= 4 is 16.1 Å². The summed E-state index contributed by atoms with van der Waals surface area (Å²) in [7, 11) is -3.56. The van der Waals surface area contributed by atoms with E-state index in [2.05, 4.69) is 0 Å². The molecule has 1 aromatic carbocycles. The Hall–Kier alpha value is -1.60. The van der Waals surface area contributed by atoms with Gasteiger partial charge in [0, 0.05) is 31.6 Å². The number of sulfonamides is 1. The highest BCUT2D eigenvalue weighted by Gasteiger charge is 2.50. The third-order valence-corrected chi connectivity index (χ3v) is 6.78. The Bertz CT molecular complexity index is 777. The molecule has 1 saturated heterocycles. The van der Waals surface area contributed by atoms with E-state index in [9.17, 15) is 13.2 Å². The molecule has 1 heterocycles. The average Bonchev–Trinajstić information content (AvgIpc) is 3.31. The molecule has 1 amide bonds. The summed E-state index contributed by atoms with van der Waals surface area (Å²) in [5.74, 6) is 0. The monoisotopic (exact) mass is 380 g/mol. The Morgan fingerprint density at radius 2 is 1.69 bits per heavy atom. The lowest BCUT2D eigenvalue weighted by molar-refractivity contribution is 0.0233. The largest absolute Gasteiger partial charge is 0.444 e. The molecule has 0 N–H and O–H groups in total. The average molecular weight is 381 g/mol. The van der Waals surface area contributed by atoms with E-state index in [1.165, 1.54) is 4.31 Å². The van der Waals surface area contributed by atoms with Crippen LogP contribution in [0.15, 0.2) is 29.2 Å². The molecule has 0 aromatic heterocycles. The fraction of sp³-hybridized carbons (Fsp3) is 0.632. The second-order valence-corrected chi connectivity index (χ2v) is 10.5. The standard InChI is InChI=1S/C19H28N2O4S/c1-15-5-7-16(8-6-15)26(23,24)21-12-11-20(13-19(14-21)9-10-19)17(22)25-18(2,3)4/h5-8H,9-14H2,1-4H3. The van der Waals surface area contributed by atoms with Crippen molar-refractivity contribution in [2.45, 2.75) is 51.0 Å². The van der Waals surface area contributed by atoms with Crippen LogP contribution in [0.1, 0.15) is 39.2 Å². The smallest absolute Gasteiger partial charge is 0.410 e. The van der Waals surface area contributed by atoms with Crippen molar-refractivity contribution in [2.75, 3.05) is 26.2 Å². The zero-order valence-electron chi connectivity index (χ0n) is 16.0. The summed E-state index contributed by atoms with van der Waals surface area (Å²) in [6.07, 6.45) is 1.51. The molecule has 1 saturated carbocycles. The molecule has 1 aliphatic carbocycles. The third kappa shape index (κ3) is 4.20. The van der Waals surface area contributed by atoms with E-state index < -0.39 is 15.6 Å². The second kappa shape index (κ2) is 6.53. The molecule has 0 bridgehead atoms. The van der Waals surface area contributed by atoms with Crippen molar-refractivity contribution in [1.82, 2.24) is 9.21 Å². The molecule has 1 spiro atoms. The Kier molecular flexibility index (Phi) is 4.82. The van der Waals surface area contributed by atoms with Crippen LogP contribution in [0.5, 0.6) is 0 Å². The fourth-order valence-electron chi connectivity index (χ4n) is 3.26. The van der Waals surface area contributed by atoms with Crippen LogP contribution in [0, 0.1) is 12.3 Å². The van der Waals surface area contributed by atoms with Crippen molar-refractivity contribution in [2.24, 2.45) is 5.41 Å². The van der Waals surface area contributed by atoms with Crippen molar-refractivity contribution in [3.05, 3.63) is 29.8 Å². The SMILES string of the molecule is Cc1ccc(S(=O)(=O)N2CCN(C(=O)OC(C)(C)C)CC3(CC3)C2)cc1. The molecule has 0 atom stereocenters. The molecule has 6 nitrogen and oxygen atoms in total. The van der Waals surface area contributed by atoms with Crippen LogP contribution in [0.4, 0.5) is 4.79 Å². The van der Waals surface area contributed by atoms with Crippen molar-refractivity contribution in [3.8, 4) is 0 Å². The van der Waals surface area contributed by atoms with Crippen LogP contribution in [0.2, 0.25) is 0 Å². The molecule has 1 aromatic rings. The molecule has 2 fully saturated rings.